The Morgan fingerprint density at radius 1 is 1.15 bits per heavy atom. The van der Waals surface area contributed by atoms with E-state index < -0.39 is 11.2 Å². The molecule has 1 aromatic carbocycles. The Morgan fingerprint density at radius 3 is 2.37 bits per heavy atom. The number of benzene rings is 1. The van der Waals surface area contributed by atoms with Crippen LogP contribution in [0.4, 0.5) is 5.69 Å². The minimum Gasteiger partial charge on any atom is -0.495 e. The minimum atomic E-state index is -0.964. The summed E-state index contributed by atoms with van der Waals surface area (Å²) >= 11 is 6.11. The molecule has 146 valence electrons. The molecule has 1 saturated carbocycles. The largest absolute Gasteiger partial charge is 0.495 e. The van der Waals surface area contributed by atoms with Gasteiger partial charge in [-0.3, -0.25) is 9.59 Å². The highest BCUT2D eigenvalue weighted by molar-refractivity contribution is 6.32. The molecular formula is C19H23ClN2O5. The third-order valence-electron chi connectivity index (χ3n) is 5.63. The average Bonchev–Trinajstić information content (AvgIpc) is 3.37. The van der Waals surface area contributed by atoms with Crippen LogP contribution in [-0.2, 0) is 19.1 Å². The Hall–Kier alpha value is -1.83. The number of methoxy groups -OCH3 is 1. The zero-order valence-electron chi connectivity index (χ0n) is 15.3. The topological polar surface area (TPSA) is 77.1 Å². The van der Waals surface area contributed by atoms with Gasteiger partial charge in [0.05, 0.1) is 25.3 Å². The van der Waals surface area contributed by atoms with Crippen molar-refractivity contribution in [2.75, 3.05) is 38.7 Å². The van der Waals surface area contributed by atoms with Crippen molar-refractivity contribution >= 4 is 29.1 Å². The maximum Gasteiger partial charge on any atom is 0.240 e. The van der Waals surface area contributed by atoms with E-state index in [1.54, 1.807) is 23.1 Å². The van der Waals surface area contributed by atoms with E-state index in [1.807, 2.05) is 0 Å². The van der Waals surface area contributed by atoms with E-state index >= 15 is 0 Å². The van der Waals surface area contributed by atoms with Crippen LogP contribution in [0.3, 0.4) is 0 Å². The number of halogens is 1. The fraction of sp³-hybridized carbons (Fsp3) is 0.579. The number of nitrogens with one attached hydrogen (secondary N) is 1. The monoisotopic (exact) mass is 394 g/mol. The lowest BCUT2D eigenvalue weighted by Crippen LogP contribution is -2.51. The smallest absolute Gasteiger partial charge is 0.240 e. The molecule has 2 amide bonds. The van der Waals surface area contributed by atoms with Crippen LogP contribution in [-0.4, -0.2) is 55.9 Å². The number of piperidine rings is 1. The second-order valence-corrected chi connectivity index (χ2v) is 7.69. The average molecular weight is 395 g/mol. The summed E-state index contributed by atoms with van der Waals surface area (Å²) < 4.78 is 16.5. The van der Waals surface area contributed by atoms with Crippen molar-refractivity contribution in [1.29, 1.82) is 0 Å². The summed E-state index contributed by atoms with van der Waals surface area (Å²) in [7, 11) is 1.53. The number of hydrogen-bond donors (Lipinski definition) is 1. The Morgan fingerprint density at radius 2 is 1.81 bits per heavy atom. The lowest BCUT2D eigenvalue weighted by atomic mass is 9.98. The maximum atomic E-state index is 13.0. The first-order valence-electron chi connectivity index (χ1n) is 9.20. The summed E-state index contributed by atoms with van der Waals surface area (Å²) in [6.07, 6.45) is 2.42. The molecule has 27 heavy (non-hydrogen) atoms. The second-order valence-electron chi connectivity index (χ2n) is 7.29. The number of ether oxygens (including phenoxy) is 3. The molecule has 1 aliphatic carbocycles. The van der Waals surface area contributed by atoms with Crippen molar-refractivity contribution in [3.8, 4) is 5.75 Å². The fourth-order valence-corrected chi connectivity index (χ4v) is 4.05. The summed E-state index contributed by atoms with van der Waals surface area (Å²) in [5.74, 6) is -0.379. The lowest BCUT2D eigenvalue weighted by molar-refractivity contribution is -0.188. The van der Waals surface area contributed by atoms with Gasteiger partial charge in [0.15, 0.2) is 5.79 Å². The molecule has 0 unspecified atom stereocenters. The number of carbonyl (C=O) groups is 2. The molecule has 2 saturated heterocycles. The highest BCUT2D eigenvalue weighted by Gasteiger charge is 2.58. The summed E-state index contributed by atoms with van der Waals surface area (Å²) in [4.78, 5) is 27.6. The van der Waals surface area contributed by atoms with Crippen molar-refractivity contribution in [2.45, 2.75) is 31.5 Å². The summed E-state index contributed by atoms with van der Waals surface area (Å²) in [6, 6.07) is 5.02. The molecule has 2 aliphatic heterocycles. The second kappa shape index (κ2) is 6.96. The molecule has 0 atom stereocenters. The fourth-order valence-electron chi connectivity index (χ4n) is 3.80. The number of hydrogen-bond acceptors (Lipinski definition) is 5. The Balaban J connectivity index is 1.40. The Labute approximate surface area is 162 Å². The van der Waals surface area contributed by atoms with Gasteiger partial charge in [-0.2, -0.15) is 0 Å². The van der Waals surface area contributed by atoms with Crippen LogP contribution in [0.5, 0.6) is 5.75 Å². The van der Waals surface area contributed by atoms with Gasteiger partial charge in [0.2, 0.25) is 11.8 Å². The molecule has 2 heterocycles. The third-order valence-corrected chi connectivity index (χ3v) is 5.93. The van der Waals surface area contributed by atoms with E-state index in [4.69, 9.17) is 25.8 Å². The van der Waals surface area contributed by atoms with Gasteiger partial charge in [-0.25, -0.2) is 0 Å². The quantitative estimate of drug-likeness (QED) is 0.794. The molecular weight excluding hydrogens is 372 g/mol. The Bertz CT molecular complexity index is 748. The molecule has 7 nitrogen and oxygen atoms in total. The number of nitrogens with zero attached hydrogens (tertiary/aromatic N) is 1. The molecule has 1 N–H and O–H groups in total. The minimum absolute atomic E-state index is 0.104. The molecule has 3 fully saturated rings. The summed E-state index contributed by atoms with van der Waals surface area (Å²) in [5.41, 5.74) is -0.413. The van der Waals surface area contributed by atoms with Crippen molar-refractivity contribution in [3.63, 3.8) is 0 Å². The van der Waals surface area contributed by atoms with Crippen molar-refractivity contribution < 1.29 is 23.8 Å². The molecule has 0 bridgehead atoms. The molecule has 0 radical (unpaired) electrons. The first-order chi connectivity index (χ1) is 13.0. The van der Waals surface area contributed by atoms with Gasteiger partial charge in [0, 0.05) is 31.6 Å². The van der Waals surface area contributed by atoms with Crippen LogP contribution in [0.25, 0.3) is 0 Å². The van der Waals surface area contributed by atoms with Gasteiger partial charge < -0.3 is 24.4 Å². The van der Waals surface area contributed by atoms with E-state index in [-0.39, 0.29) is 11.8 Å². The standard InChI is InChI=1S/C19H23ClN2O5/c1-25-15-3-2-13(12-14(15)20)21-16(23)18(4-5-18)17(24)22-8-6-19(7-9-22)26-10-11-27-19/h2-3,12H,4-11H2,1H3,(H,21,23). The van der Waals surface area contributed by atoms with Crippen LogP contribution in [0.1, 0.15) is 25.7 Å². The number of amides is 2. The first kappa shape index (κ1) is 18.5. The first-order valence-corrected chi connectivity index (χ1v) is 9.58. The summed E-state index contributed by atoms with van der Waals surface area (Å²) in [5, 5.41) is 3.24. The number of anilines is 1. The highest BCUT2D eigenvalue weighted by Crippen LogP contribution is 2.49. The van der Waals surface area contributed by atoms with Gasteiger partial charge in [-0.05, 0) is 31.0 Å². The van der Waals surface area contributed by atoms with Crippen LogP contribution in [0.15, 0.2) is 18.2 Å². The number of carbonyl (C=O) groups excluding carboxylic acids is 2. The zero-order valence-corrected chi connectivity index (χ0v) is 16.0. The molecule has 8 heteroatoms. The maximum absolute atomic E-state index is 13.0. The Kier molecular flexibility index (Phi) is 4.78. The predicted molar refractivity (Wildman–Crippen MR) is 98.7 cm³/mol. The van der Waals surface area contributed by atoms with Gasteiger partial charge >= 0.3 is 0 Å². The van der Waals surface area contributed by atoms with E-state index in [1.165, 1.54) is 7.11 Å². The van der Waals surface area contributed by atoms with Crippen LogP contribution in [0.2, 0.25) is 5.02 Å². The lowest BCUT2D eigenvalue weighted by Gasteiger charge is -2.38. The van der Waals surface area contributed by atoms with E-state index in [0.717, 1.165) is 0 Å². The normalized spacial score (nSPS) is 22.5. The SMILES string of the molecule is COc1ccc(NC(=O)C2(C(=O)N3CCC4(CC3)OCCO4)CC2)cc1Cl. The number of rotatable bonds is 4. The van der Waals surface area contributed by atoms with Crippen LogP contribution < -0.4 is 10.1 Å². The highest BCUT2D eigenvalue weighted by atomic mass is 35.5. The van der Waals surface area contributed by atoms with Crippen molar-refractivity contribution in [1.82, 2.24) is 4.90 Å². The molecule has 0 aromatic heterocycles. The van der Waals surface area contributed by atoms with E-state index in [2.05, 4.69) is 5.32 Å². The van der Waals surface area contributed by atoms with Gasteiger partial charge in [-0.15, -0.1) is 0 Å². The van der Waals surface area contributed by atoms with Gasteiger partial charge in [-0.1, -0.05) is 11.6 Å². The van der Waals surface area contributed by atoms with Crippen molar-refractivity contribution in [3.05, 3.63) is 23.2 Å². The van der Waals surface area contributed by atoms with Crippen molar-refractivity contribution in [2.24, 2.45) is 5.41 Å². The van der Waals surface area contributed by atoms with Crippen LogP contribution >= 0.6 is 11.6 Å². The van der Waals surface area contributed by atoms with E-state index in [9.17, 15) is 9.59 Å². The zero-order chi connectivity index (χ0) is 19.1. The van der Waals surface area contributed by atoms with Crippen LogP contribution in [0, 0.1) is 5.41 Å². The number of likely N-dealkylation sites (tertiary alicyclic amines) is 1. The predicted octanol–water partition coefficient (Wildman–Crippen LogP) is 2.43. The molecule has 1 spiro atoms. The third kappa shape index (κ3) is 3.39. The molecule has 1 aromatic rings. The summed E-state index contributed by atoms with van der Waals surface area (Å²) in [6.45, 7) is 2.29. The van der Waals surface area contributed by atoms with Gasteiger partial charge in [0.25, 0.3) is 0 Å². The molecule has 3 aliphatic rings. The van der Waals surface area contributed by atoms with E-state index in [0.29, 0.717) is 68.4 Å². The van der Waals surface area contributed by atoms with Gasteiger partial charge in [0.1, 0.15) is 11.2 Å². The molecule has 4 rings (SSSR count).